The number of nitrogens with zero attached hydrogens (tertiary/aromatic N) is 1. The second-order valence-corrected chi connectivity index (χ2v) is 6.08. The highest BCUT2D eigenvalue weighted by Gasteiger charge is 2.17. The number of halogens is 1. The van der Waals surface area contributed by atoms with Gasteiger partial charge >= 0.3 is 0 Å². The second kappa shape index (κ2) is 6.21. The van der Waals surface area contributed by atoms with E-state index in [9.17, 15) is 18.5 Å². The molecule has 0 unspecified atom stereocenters. The summed E-state index contributed by atoms with van der Waals surface area (Å²) >= 11 is 5.90. The van der Waals surface area contributed by atoms with Crippen LogP contribution in [0.4, 0.5) is 5.69 Å². The molecule has 0 aliphatic carbocycles. The summed E-state index contributed by atoms with van der Waals surface area (Å²) in [5.74, 6) is 0. The molecule has 0 aromatic heterocycles. The SMILES string of the molecule is O=[N+]([O-])c1ccc(S(=O)(=O)OCc2ccccc2Cl)cc1. The Morgan fingerprint density at radius 1 is 1.10 bits per heavy atom. The number of non-ortho nitro benzene ring substituents is 1. The van der Waals surface area contributed by atoms with Gasteiger partial charge in [0.2, 0.25) is 0 Å². The van der Waals surface area contributed by atoms with Crippen molar-refractivity contribution < 1.29 is 17.5 Å². The fraction of sp³-hybridized carbons (Fsp3) is 0.0769. The molecule has 110 valence electrons. The van der Waals surface area contributed by atoms with Gasteiger partial charge in [0.1, 0.15) is 0 Å². The number of benzene rings is 2. The van der Waals surface area contributed by atoms with E-state index in [0.29, 0.717) is 10.6 Å². The van der Waals surface area contributed by atoms with Crippen molar-refractivity contribution in [2.24, 2.45) is 0 Å². The Morgan fingerprint density at radius 3 is 2.29 bits per heavy atom. The highest BCUT2D eigenvalue weighted by Crippen LogP contribution is 2.21. The first kappa shape index (κ1) is 15.4. The van der Waals surface area contributed by atoms with E-state index < -0.39 is 15.0 Å². The molecule has 2 rings (SSSR count). The van der Waals surface area contributed by atoms with E-state index >= 15 is 0 Å². The van der Waals surface area contributed by atoms with Crippen LogP contribution in [-0.2, 0) is 20.9 Å². The van der Waals surface area contributed by atoms with Crippen molar-refractivity contribution in [3.8, 4) is 0 Å². The molecule has 0 radical (unpaired) electrons. The summed E-state index contributed by atoms with van der Waals surface area (Å²) in [5.41, 5.74) is 0.338. The molecule has 0 saturated carbocycles. The number of rotatable bonds is 5. The maximum atomic E-state index is 12.0. The van der Waals surface area contributed by atoms with Crippen molar-refractivity contribution in [3.05, 3.63) is 69.2 Å². The average Bonchev–Trinajstić information content (AvgIpc) is 2.46. The average molecular weight is 328 g/mol. The van der Waals surface area contributed by atoms with Crippen LogP contribution in [0.15, 0.2) is 53.4 Å². The molecule has 0 N–H and O–H groups in total. The van der Waals surface area contributed by atoms with E-state index in [1.807, 2.05) is 0 Å². The minimum absolute atomic E-state index is 0.153. The maximum absolute atomic E-state index is 12.0. The third-order valence-electron chi connectivity index (χ3n) is 2.66. The van der Waals surface area contributed by atoms with Gasteiger partial charge in [-0.1, -0.05) is 29.8 Å². The van der Waals surface area contributed by atoms with Gasteiger partial charge in [0.15, 0.2) is 0 Å². The van der Waals surface area contributed by atoms with Crippen molar-refractivity contribution in [2.45, 2.75) is 11.5 Å². The van der Waals surface area contributed by atoms with Gasteiger partial charge in [-0.05, 0) is 23.8 Å². The molecular formula is C13H10ClNO5S. The molecule has 0 aliphatic heterocycles. The molecule has 6 nitrogen and oxygen atoms in total. The van der Waals surface area contributed by atoms with Gasteiger partial charge in [-0.3, -0.25) is 14.3 Å². The van der Waals surface area contributed by atoms with Crippen LogP contribution in [-0.4, -0.2) is 13.3 Å². The van der Waals surface area contributed by atoms with Crippen molar-refractivity contribution in [1.82, 2.24) is 0 Å². The minimum atomic E-state index is -4.00. The van der Waals surface area contributed by atoms with E-state index in [0.717, 1.165) is 24.3 Å². The van der Waals surface area contributed by atoms with E-state index in [2.05, 4.69) is 0 Å². The molecule has 0 atom stereocenters. The lowest BCUT2D eigenvalue weighted by molar-refractivity contribution is -0.384. The van der Waals surface area contributed by atoms with Crippen LogP contribution in [0.3, 0.4) is 0 Å². The van der Waals surface area contributed by atoms with Gasteiger partial charge < -0.3 is 0 Å². The third-order valence-corrected chi connectivity index (χ3v) is 4.31. The minimum Gasteiger partial charge on any atom is -0.261 e. The molecule has 0 fully saturated rings. The lowest BCUT2D eigenvalue weighted by atomic mass is 10.2. The zero-order valence-electron chi connectivity index (χ0n) is 10.6. The number of nitro groups is 1. The normalized spacial score (nSPS) is 11.3. The molecule has 0 saturated heterocycles. The first-order valence-electron chi connectivity index (χ1n) is 5.77. The van der Waals surface area contributed by atoms with Gasteiger partial charge in [-0.25, -0.2) is 0 Å². The maximum Gasteiger partial charge on any atom is 0.297 e. The van der Waals surface area contributed by atoms with E-state index in [4.69, 9.17) is 15.8 Å². The van der Waals surface area contributed by atoms with Gasteiger partial charge in [-0.2, -0.15) is 8.42 Å². The molecular weight excluding hydrogens is 318 g/mol. The Bertz CT molecular complexity index is 758. The number of nitro benzene ring substituents is 1. The zero-order valence-corrected chi connectivity index (χ0v) is 12.2. The molecule has 0 bridgehead atoms. The van der Waals surface area contributed by atoms with Gasteiger partial charge in [0, 0.05) is 17.2 Å². The predicted octanol–water partition coefficient (Wildman–Crippen LogP) is 3.15. The molecule has 21 heavy (non-hydrogen) atoms. The predicted molar refractivity (Wildman–Crippen MR) is 76.5 cm³/mol. The Kier molecular flexibility index (Phi) is 4.56. The van der Waals surface area contributed by atoms with Crippen LogP contribution < -0.4 is 0 Å². The first-order chi connectivity index (χ1) is 9.90. The van der Waals surface area contributed by atoms with Crippen molar-refractivity contribution in [3.63, 3.8) is 0 Å². The largest absolute Gasteiger partial charge is 0.297 e. The first-order valence-corrected chi connectivity index (χ1v) is 7.56. The Balaban J connectivity index is 2.15. The molecule has 2 aromatic carbocycles. The van der Waals surface area contributed by atoms with Crippen LogP contribution in [0.2, 0.25) is 5.02 Å². The standard InChI is InChI=1S/C13H10ClNO5S/c14-13-4-2-1-3-10(13)9-20-21(18,19)12-7-5-11(6-8-12)15(16)17/h1-8H,9H2. The highest BCUT2D eigenvalue weighted by molar-refractivity contribution is 7.86. The van der Waals surface area contributed by atoms with Gasteiger partial charge in [0.25, 0.3) is 15.8 Å². The monoisotopic (exact) mass is 327 g/mol. The quantitative estimate of drug-likeness (QED) is 0.478. The summed E-state index contributed by atoms with van der Waals surface area (Å²) in [6.45, 7) is -0.209. The Morgan fingerprint density at radius 2 is 1.71 bits per heavy atom. The third kappa shape index (κ3) is 3.78. The Hall–Kier alpha value is -1.96. The van der Waals surface area contributed by atoms with Crippen LogP contribution >= 0.6 is 11.6 Å². The lowest BCUT2D eigenvalue weighted by Gasteiger charge is -2.06. The number of hydrogen-bond acceptors (Lipinski definition) is 5. The smallest absolute Gasteiger partial charge is 0.261 e. The van der Waals surface area contributed by atoms with Crippen LogP contribution in [0, 0.1) is 10.1 Å². The van der Waals surface area contributed by atoms with Crippen molar-refractivity contribution in [2.75, 3.05) is 0 Å². The van der Waals surface area contributed by atoms with E-state index in [1.54, 1.807) is 24.3 Å². The molecule has 0 spiro atoms. The summed E-state index contributed by atoms with van der Waals surface area (Å²) in [6.07, 6.45) is 0. The Labute approximate surface area is 126 Å². The molecule has 0 amide bonds. The van der Waals surface area contributed by atoms with Crippen molar-refractivity contribution in [1.29, 1.82) is 0 Å². The fourth-order valence-electron chi connectivity index (χ4n) is 1.56. The summed E-state index contributed by atoms with van der Waals surface area (Å²) in [6, 6.07) is 11.2. The topological polar surface area (TPSA) is 86.5 Å². The van der Waals surface area contributed by atoms with Crippen LogP contribution in [0.1, 0.15) is 5.56 Å². The molecule has 2 aromatic rings. The summed E-state index contributed by atoms with van der Waals surface area (Å²) in [4.78, 5) is 9.76. The summed E-state index contributed by atoms with van der Waals surface area (Å²) in [5, 5.41) is 10.9. The lowest BCUT2D eigenvalue weighted by Crippen LogP contribution is -2.06. The van der Waals surface area contributed by atoms with Crippen molar-refractivity contribution >= 4 is 27.4 Å². The highest BCUT2D eigenvalue weighted by atomic mass is 35.5. The fourth-order valence-corrected chi connectivity index (χ4v) is 2.64. The summed E-state index contributed by atoms with van der Waals surface area (Å²) < 4.78 is 28.8. The zero-order chi connectivity index (χ0) is 15.5. The van der Waals surface area contributed by atoms with Crippen LogP contribution in [0.5, 0.6) is 0 Å². The van der Waals surface area contributed by atoms with Gasteiger partial charge in [-0.15, -0.1) is 0 Å². The molecule has 8 heteroatoms. The van der Waals surface area contributed by atoms with E-state index in [-0.39, 0.29) is 17.2 Å². The van der Waals surface area contributed by atoms with Gasteiger partial charge in [0.05, 0.1) is 16.4 Å². The van der Waals surface area contributed by atoms with Crippen LogP contribution in [0.25, 0.3) is 0 Å². The molecule has 0 aliphatic rings. The second-order valence-electron chi connectivity index (χ2n) is 4.06. The summed E-state index contributed by atoms with van der Waals surface area (Å²) in [7, 11) is -4.00. The molecule has 0 heterocycles. The number of hydrogen-bond donors (Lipinski definition) is 0. The van der Waals surface area contributed by atoms with E-state index in [1.165, 1.54) is 0 Å².